The van der Waals surface area contributed by atoms with Crippen LogP contribution in [0.1, 0.15) is 48.2 Å². The van der Waals surface area contributed by atoms with Crippen molar-refractivity contribution in [2.45, 2.75) is 46.1 Å². The van der Waals surface area contributed by atoms with Gasteiger partial charge in [0.1, 0.15) is 6.04 Å². The number of rotatable bonds is 13. The second-order valence-corrected chi connectivity index (χ2v) is 9.04. The number of nitrogens with one attached hydrogen (secondary N) is 2. The Morgan fingerprint density at radius 2 is 1.76 bits per heavy atom. The van der Waals surface area contributed by atoms with Crippen molar-refractivity contribution in [3.8, 4) is 0 Å². The van der Waals surface area contributed by atoms with E-state index in [2.05, 4.69) is 20.6 Å². The first-order valence-electron chi connectivity index (χ1n) is 12.5. The van der Waals surface area contributed by atoms with Crippen LogP contribution in [0.25, 0.3) is 0 Å². The number of anilines is 2. The fourth-order valence-corrected chi connectivity index (χ4v) is 3.60. The summed E-state index contributed by atoms with van der Waals surface area (Å²) < 4.78 is 0. The standard InChI is InChI=1S/C27H39N7O3/c1-7-21-22(8-2)32-26(24(31-21)25(28)36)30-20-12-9-11-19(17-20)14-15-29-27(37)18(3)34(6)23(35)13-10-16-33(4)5/h9-13,17-18H,7-8,14-16H2,1-6H3,(H2,28,36)(H,29,37)(H,30,32)/b13-10+/t18-/m0/s1. The maximum Gasteiger partial charge on any atom is 0.271 e. The summed E-state index contributed by atoms with van der Waals surface area (Å²) in [5.41, 5.74) is 8.95. The second-order valence-electron chi connectivity index (χ2n) is 9.04. The van der Waals surface area contributed by atoms with E-state index in [0.717, 1.165) is 22.6 Å². The van der Waals surface area contributed by atoms with Gasteiger partial charge in [-0.05, 0) is 58.0 Å². The van der Waals surface area contributed by atoms with E-state index in [0.29, 0.717) is 38.2 Å². The van der Waals surface area contributed by atoms with E-state index in [1.807, 2.05) is 57.1 Å². The molecule has 0 spiro atoms. The number of carbonyl (C=O) groups excluding carboxylic acids is 3. The average molecular weight is 510 g/mol. The number of carbonyl (C=O) groups is 3. The summed E-state index contributed by atoms with van der Waals surface area (Å²) in [6, 6.07) is 7.01. The minimum Gasteiger partial charge on any atom is -0.364 e. The summed E-state index contributed by atoms with van der Waals surface area (Å²) in [5.74, 6) is -0.763. The summed E-state index contributed by atoms with van der Waals surface area (Å²) in [7, 11) is 5.44. The van der Waals surface area contributed by atoms with Crippen molar-refractivity contribution in [3.05, 3.63) is 59.1 Å². The molecule has 200 valence electrons. The van der Waals surface area contributed by atoms with Crippen LogP contribution in [-0.4, -0.2) is 77.8 Å². The zero-order chi connectivity index (χ0) is 27.5. The Balaban J connectivity index is 2.00. The molecule has 2 rings (SSSR count). The fourth-order valence-electron chi connectivity index (χ4n) is 3.60. The Labute approximate surface area is 219 Å². The average Bonchev–Trinajstić information content (AvgIpc) is 2.87. The van der Waals surface area contributed by atoms with Crippen LogP contribution in [0.15, 0.2) is 36.4 Å². The van der Waals surface area contributed by atoms with Crippen LogP contribution >= 0.6 is 0 Å². The Morgan fingerprint density at radius 3 is 2.38 bits per heavy atom. The lowest BCUT2D eigenvalue weighted by molar-refractivity contribution is -0.135. The van der Waals surface area contributed by atoms with Gasteiger partial charge in [0.25, 0.3) is 5.91 Å². The molecule has 0 aliphatic carbocycles. The normalized spacial score (nSPS) is 12.0. The summed E-state index contributed by atoms with van der Waals surface area (Å²) >= 11 is 0. The maximum atomic E-state index is 12.6. The molecule has 10 nitrogen and oxygen atoms in total. The summed E-state index contributed by atoms with van der Waals surface area (Å²) in [4.78, 5) is 49.2. The molecule has 1 aromatic heterocycles. The van der Waals surface area contributed by atoms with E-state index in [-0.39, 0.29) is 17.5 Å². The van der Waals surface area contributed by atoms with Gasteiger partial charge in [-0.1, -0.05) is 32.1 Å². The van der Waals surface area contributed by atoms with Crippen LogP contribution in [-0.2, 0) is 28.9 Å². The molecular formula is C27H39N7O3. The molecule has 10 heteroatoms. The molecule has 0 saturated carbocycles. The number of amides is 3. The van der Waals surface area contributed by atoms with Gasteiger partial charge in [-0.2, -0.15) is 0 Å². The highest BCUT2D eigenvalue weighted by molar-refractivity contribution is 5.96. The van der Waals surface area contributed by atoms with Gasteiger partial charge in [-0.15, -0.1) is 0 Å². The number of hydrogen-bond donors (Lipinski definition) is 3. The molecule has 0 bridgehead atoms. The Kier molecular flexibility index (Phi) is 11.2. The van der Waals surface area contributed by atoms with Crippen LogP contribution < -0.4 is 16.4 Å². The molecule has 4 N–H and O–H groups in total. The van der Waals surface area contributed by atoms with Gasteiger partial charge < -0.3 is 26.2 Å². The molecule has 1 heterocycles. The number of aromatic nitrogens is 2. The van der Waals surface area contributed by atoms with Crippen molar-refractivity contribution >= 4 is 29.2 Å². The summed E-state index contributed by atoms with van der Waals surface area (Å²) in [5, 5.41) is 6.07. The molecular weight excluding hydrogens is 470 g/mol. The van der Waals surface area contributed by atoms with Crippen LogP contribution in [0.2, 0.25) is 0 Å². The summed E-state index contributed by atoms with van der Waals surface area (Å²) in [6.45, 7) is 6.70. The zero-order valence-corrected chi connectivity index (χ0v) is 22.7. The molecule has 2 aromatic rings. The molecule has 0 aliphatic heterocycles. The van der Waals surface area contributed by atoms with Crippen molar-refractivity contribution < 1.29 is 14.4 Å². The van der Waals surface area contributed by atoms with Crippen molar-refractivity contribution in [3.63, 3.8) is 0 Å². The van der Waals surface area contributed by atoms with Crippen LogP contribution in [0, 0.1) is 0 Å². The monoisotopic (exact) mass is 509 g/mol. The smallest absolute Gasteiger partial charge is 0.271 e. The molecule has 0 aliphatic rings. The van der Waals surface area contributed by atoms with E-state index in [1.54, 1.807) is 20.0 Å². The number of hydrogen-bond acceptors (Lipinski definition) is 7. The van der Waals surface area contributed by atoms with E-state index in [4.69, 9.17) is 5.73 Å². The van der Waals surface area contributed by atoms with E-state index < -0.39 is 11.9 Å². The molecule has 0 fully saturated rings. The lowest BCUT2D eigenvalue weighted by atomic mass is 10.1. The Hall–Kier alpha value is -3.79. The lowest BCUT2D eigenvalue weighted by Crippen LogP contribution is -2.45. The molecule has 3 amide bonds. The molecule has 37 heavy (non-hydrogen) atoms. The minimum absolute atomic E-state index is 0.107. The fraction of sp³-hybridized carbons (Fsp3) is 0.444. The number of benzene rings is 1. The second kappa shape index (κ2) is 14.1. The number of likely N-dealkylation sites (N-methyl/N-ethyl adjacent to an activating group) is 2. The minimum atomic E-state index is -0.642. The Bertz CT molecular complexity index is 1130. The lowest BCUT2D eigenvalue weighted by Gasteiger charge is -2.23. The maximum absolute atomic E-state index is 12.6. The van der Waals surface area contributed by atoms with Crippen molar-refractivity contribution in [2.75, 3.05) is 39.5 Å². The van der Waals surface area contributed by atoms with Crippen LogP contribution in [0.4, 0.5) is 11.5 Å². The van der Waals surface area contributed by atoms with E-state index >= 15 is 0 Å². The third-order valence-electron chi connectivity index (χ3n) is 5.90. The van der Waals surface area contributed by atoms with Crippen molar-refractivity contribution in [1.82, 2.24) is 25.1 Å². The first-order chi connectivity index (χ1) is 17.6. The first-order valence-corrected chi connectivity index (χ1v) is 12.5. The molecule has 1 aromatic carbocycles. The van der Waals surface area contributed by atoms with Gasteiger partial charge in [0.2, 0.25) is 11.8 Å². The predicted octanol–water partition coefficient (Wildman–Crippen LogP) is 2.07. The number of nitrogens with two attached hydrogens (primary N) is 1. The van der Waals surface area contributed by atoms with Gasteiger partial charge in [0.05, 0.1) is 11.4 Å². The van der Waals surface area contributed by atoms with Crippen molar-refractivity contribution in [2.24, 2.45) is 5.73 Å². The third-order valence-corrected chi connectivity index (χ3v) is 5.90. The van der Waals surface area contributed by atoms with E-state index in [1.165, 1.54) is 11.0 Å². The largest absolute Gasteiger partial charge is 0.364 e. The van der Waals surface area contributed by atoms with Crippen molar-refractivity contribution in [1.29, 1.82) is 0 Å². The van der Waals surface area contributed by atoms with Gasteiger partial charge in [-0.25, -0.2) is 9.97 Å². The number of primary amides is 1. The highest BCUT2D eigenvalue weighted by atomic mass is 16.2. The van der Waals surface area contributed by atoms with Gasteiger partial charge >= 0.3 is 0 Å². The zero-order valence-electron chi connectivity index (χ0n) is 22.7. The first kappa shape index (κ1) is 29.4. The Morgan fingerprint density at radius 1 is 1.08 bits per heavy atom. The highest BCUT2D eigenvalue weighted by Crippen LogP contribution is 2.21. The van der Waals surface area contributed by atoms with Gasteiger partial charge in [0, 0.05) is 31.9 Å². The molecule has 1 atom stereocenters. The van der Waals surface area contributed by atoms with Gasteiger partial charge in [0.15, 0.2) is 11.5 Å². The predicted molar refractivity (Wildman–Crippen MR) is 146 cm³/mol. The topological polar surface area (TPSA) is 134 Å². The molecule has 0 radical (unpaired) electrons. The molecule has 0 saturated heterocycles. The molecule has 0 unspecified atom stereocenters. The van der Waals surface area contributed by atoms with Gasteiger partial charge in [-0.3, -0.25) is 14.4 Å². The SMILES string of the molecule is CCc1nc(Nc2cccc(CCNC(=O)[C@H](C)N(C)C(=O)/C=C/CN(C)C)c2)c(C(N)=O)nc1CC. The number of nitrogens with zero attached hydrogens (tertiary/aromatic N) is 4. The van der Waals surface area contributed by atoms with E-state index in [9.17, 15) is 14.4 Å². The highest BCUT2D eigenvalue weighted by Gasteiger charge is 2.20. The quantitative estimate of drug-likeness (QED) is 0.352. The van der Waals surface area contributed by atoms with Crippen LogP contribution in [0.5, 0.6) is 0 Å². The van der Waals surface area contributed by atoms with Crippen LogP contribution in [0.3, 0.4) is 0 Å². The summed E-state index contributed by atoms with van der Waals surface area (Å²) in [6.07, 6.45) is 5.18. The third kappa shape index (κ3) is 8.68. The number of aryl methyl sites for hydroxylation is 2.